The Bertz CT molecular complexity index is 1070. The van der Waals surface area contributed by atoms with E-state index in [9.17, 15) is 24.8 Å². The van der Waals surface area contributed by atoms with Gasteiger partial charge in [-0.2, -0.15) is 0 Å². The average Bonchev–Trinajstić information content (AvgIpc) is 2.67. The normalized spacial score (nSPS) is 12.0. The van der Waals surface area contributed by atoms with Gasteiger partial charge in [-0.05, 0) is 17.7 Å². The van der Waals surface area contributed by atoms with E-state index >= 15 is 0 Å². The first-order chi connectivity index (χ1) is 12.9. The predicted molar refractivity (Wildman–Crippen MR) is 105 cm³/mol. The summed E-state index contributed by atoms with van der Waals surface area (Å²) in [6, 6.07) is 12.7. The molecular weight excluding hydrogens is 366 g/mol. The van der Waals surface area contributed by atoms with Gasteiger partial charge in [-0.1, -0.05) is 42.5 Å². The molecule has 138 valence electrons. The highest BCUT2D eigenvalue weighted by Gasteiger charge is 2.25. The van der Waals surface area contributed by atoms with Crippen LogP contribution in [0, 0.1) is 10.1 Å². The van der Waals surface area contributed by atoms with Gasteiger partial charge in [-0.15, -0.1) is 0 Å². The quantitative estimate of drug-likeness (QED) is 0.503. The number of benzene rings is 2. The second-order valence-electron chi connectivity index (χ2n) is 6.14. The van der Waals surface area contributed by atoms with E-state index in [2.05, 4.69) is 0 Å². The zero-order valence-corrected chi connectivity index (χ0v) is 15.4. The van der Waals surface area contributed by atoms with E-state index in [1.807, 2.05) is 0 Å². The molecule has 0 aliphatic heterocycles. The van der Waals surface area contributed by atoms with E-state index < -0.39 is 10.8 Å². The van der Waals surface area contributed by atoms with Gasteiger partial charge < -0.3 is 5.11 Å². The second-order valence-corrected chi connectivity index (χ2v) is 7.17. The van der Waals surface area contributed by atoms with Crippen LogP contribution in [0.15, 0.2) is 53.3 Å². The highest BCUT2D eigenvalue weighted by atomic mass is 32.1. The fraction of sp³-hybridized carbons (Fsp3) is 0.200. The molecule has 1 atom stereocenters. The fourth-order valence-electron chi connectivity index (χ4n) is 3.04. The van der Waals surface area contributed by atoms with Gasteiger partial charge in [0, 0.05) is 41.0 Å². The van der Waals surface area contributed by atoms with Crippen molar-refractivity contribution in [2.45, 2.75) is 25.7 Å². The Labute approximate surface area is 158 Å². The zero-order valence-electron chi connectivity index (χ0n) is 14.5. The van der Waals surface area contributed by atoms with Crippen LogP contribution < -0.4 is 5.43 Å². The van der Waals surface area contributed by atoms with Gasteiger partial charge >= 0.3 is 0 Å². The molecule has 0 saturated heterocycles. The van der Waals surface area contributed by atoms with Gasteiger partial charge in [0.15, 0.2) is 10.5 Å². The van der Waals surface area contributed by atoms with Crippen LogP contribution in [0.1, 0.15) is 36.8 Å². The SMILES string of the molecule is CCC(=O)C[C@@H](c1ccc([N+](=O)[O-])cc1)c1c(O)sc2ccccc2c1=O. The van der Waals surface area contributed by atoms with Crippen molar-refractivity contribution >= 4 is 32.9 Å². The Balaban J connectivity index is 2.19. The molecule has 1 heterocycles. The molecule has 0 radical (unpaired) electrons. The van der Waals surface area contributed by atoms with Crippen LogP contribution in [0.25, 0.3) is 10.1 Å². The minimum Gasteiger partial charge on any atom is -0.499 e. The Hall–Kier alpha value is -3.06. The summed E-state index contributed by atoms with van der Waals surface area (Å²) < 4.78 is 0.660. The van der Waals surface area contributed by atoms with Crippen molar-refractivity contribution in [2.24, 2.45) is 0 Å². The molecule has 27 heavy (non-hydrogen) atoms. The van der Waals surface area contributed by atoms with Crippen molar-refractivity contribution in [2.75, 3.05) is 0 Å². The summed E-state index contributed by atoms with van der Waals surface area (Å²) in [5, 5.41) is 21.8. The van der Waals surface area contributed by atoms with Gasteiger partial charge in [0.1, 0.15) is 5.78 Å². The first kappa shape index (κ1) is 18.7. The molecule has 0 saturated carbocycles. The lowest BCUT2D eigenvalue weighted by atomic mass is 9.87. The number of hydrogen-bond acceptors (Lipinski definition) is 6. The molecule has 0 aliphatic rings. The third-order valence-electron chi connectivity index (χ3n) is 4.49. The van der Waals surface area contributed by atoms with Crippen molar-refractivity contribution < 1.29 is 14.8 Å². The van der Waals surface area contributed by atoms with Gasteiger partial charge in [0.25, 0.3) is 5.69 Å². The Morgan fingerprint density at radius 3 is 2.48 bits per heavy atom. The average molecular weight is 383 g/mol. The highest BCUT2D eigenvalue weighted by Crippen LogP contribution is 2.37. The van der Waals surface area contributed by atoms with Crippen LogP contribution in [-0.2, 0) is 4.79 Å². The summed E-state index contributed by atoms with van der Waals surface area (Å²) in [5.74, 6) is -0.720. The number of rotatable bonds is 6. The molecule has 6 nitrogen and oxygen atoms in total. The van der Waals surface area contributed by atoms with Crippen molar-refractivity contribution in [1.29, 1.82) is 0 Å². The van der Waals surface area contributed by atoms with Crippen molar-refractivity contribution in [3.8, 4) is 5.06 Å². The number of aromatic hydroxyl groups is 1. The summed E-state index contributed by atoms with van der Waals surface area (Å²) in [4.78, 5) is 35.6. The number of fused-ring (bicyclic) bond motifs is 1. The van der Waals surface area contributed by atoms with Crippen LogP contribution in [0.2, 0.25) is 0 Å². The minimum atomic E-state index is -0.661. The molecule has 0 fully saturated rings. The van der Waals surface area contributed by atoms with E-state index in [-0.39, 0.29) is 33.9 Å². The standard InChI is InChI=1S/C20H17NO5S/c1-2-14(22)11-16(12-7-9-13(10-8-12)21(25)26)18-19(23)15-5-3-4-6-17(15)27-20(18)24/h3-10,16,24H,2,11H2,1H3/t16-/m0/s1. The topological polar surface area (TPSA) is 97.5 Å². The van der Waals surface area contributed by atoms with Crippen molar-refractivity contribution in [3.05, 3.63) is 80.0 Å². The third-order valence-corrected chi connectivity index (χ3v) is 5.48. The molecule has 1 N–H and O–H groups in total. The van der Waals surface area contributed by atoms with Gasteiger partial charge in [0.05, 0.1) is 10.5 Å². The van der Waals surface area contributed by atoms with Crippen molar-refractivity contribution in [3.63, 3.8) is 0 Å². The van der Waals surface area contributed by atoms with E-state index in [0.29, 0.717) is 22.1 Å². The fourth-order valence-corrected chi connectivity index (χ4v) is 4.01. The molecule has 0 amide bonds. The number of carbonyl (C=O) groups excluding carboxylic acids is 1. The molecule has 3 aromatic rings. The molecule has 0 aliphatic carbocycles. The first-order valence-electron chi connectivity index (χ1n) is 8.43. The number of Topliss-reactive ketones (excluding diaryl/α,β-unsaturated/α-hetero) is 1. The summed E-state index contributed by atoms with van der Waals surface area (Å²) in [6.45, 7) is 1.73. The summed E-state index contributed by atoms with van der Waals surface area (Å²) in [5.41, 5.74) is 0.341. The number of non-ortho nitro benzene ring substituents is 1. The lowest BCUT2D eigenvalue weighted by Gasteiger charge is -2.18. The number of ketones is 1. The number of nitrogens with zero attached hydrogens (tertiary/aromatic N) is 1. The van der Waals surface area contributed by atoms with E-state index in [4.69, 9.17) is 0 Å². The van der Waals surface area contributed by atoms with Crippen LogP contribution in [0.5, 0.6) is 5.06 Å². The maximum atomic E-state index is 13.0. The summed E-state index contributed by atoms with van der Waals surface area (Å²) in [6.07, 6.45) is 0.345. The molecular formula is C20H17NO5S. The van der Waals surface area contributed by atoms with Crippen LogP contribution in [0.4, 0.5) is 5.69 Å². The molecule has 3 rings (SSSR count). The van der Waals surface area contributed by atoms with Crippen molar-refractivity contribution in [1.82, 2.24) is 0 Å². The monoisotopic (exact) mass is 383 g/mol. The Kier molecular flexibility index (Phi) is 5.32. The number of carbonyl (C=O) groups is 1. The lowest BCUT2D eigenvalue weighted by Crippen LogP contribution is -2.17. The molecule has 0 unspecified atom stereocenters. The maximum Gasteiger partial charge on any atom is 0.269 e. The van der Waals surface area contributed by atoms with Gasteiger partial charge in [-0.25, -0.2) is 0 Å². The van der Waals surface area contributed by atoms with Crippen LogP contribution in [-0.4, -0.2) is 15.8 Å². The van der Waals surface area contributed by atoms with Gasteiger partial charge in [0.2, 0.25) is 0 Å². The predicted octanol–water partition coefficient (Wildman–Crippen LogP) is 4.38. The van der Waals surface area contributed by atoms with Crippen LogP contribution in [0.3, 0.4) is 0 Å². The molecule has 7 heteroatoms. The number of hydrogen-bond donors (Lipinski definition) is 1. The van der Waals surface area contributed by atoms with Crippen LogP contribution >= 0.6 is 11.3 Å². The molecule has 2 aromatic carbocycles. The molecule has 1 aromatic heterocycles. The molecule has 0 spiro atoms. The Morgan fingerprint density at radius 1 is 1.19 bits per heavy atom. The summed E-state index contributed by atoms with van der Waals surface area (Å²) in [7, 11) is 0. The maximum absolute atomic E-state index is 13.0. The second kappa shape index (κ2) is 7.67. The molecule has 0 bridgehead atoms. The zero-order chi connectivity index (χ0) is 19.6. The number of nitro groups is 1. The Morgan fingerprint density at radius 2 is 1.85 bits per heavy atom. The van der Waals surface area contributed by atoms with Gasteiger partial charge in [-0.3, -0.25) is 19.7 Å². The largest absolute Gasteiger partial charge is 0.499 e. The third kappa shape index (κ3) is 3.73. The van der Waals surface area contributed by atoms with E-state index in [0.717, 1.165) is 11.3 Å². The highest BCUT2D eigenvalue weighted by molar-refractivity contribution is 7.20. The lowest BCUT2D eigenvalue weighted by molar-refractivity contribution is -0.384. The van der Waals surface area contributed by atoms with E-state index in [1.165, 1.54) is 24.3 Å². The van der Waals surface area contributed by atoms with E-state index in [1.54, 1.807) is 31.2 Å². The number of nitro benzene ring substituents is 1. The minimum absolute atomic E-state index is 0.0438. The smallest absolute Gasteiger partial charge is 0.269 e. The summed E-state index contributed by atoms with van der Waals surface area (Å²) >= 11 is 1.08. The first-order valence-corrected chi connectivity index (χ1v) is 9.24.